The minimum absolute atomic E-state index is 0.152. The first-order valence-corrected chi connectivity index (χ1v) is 13.6. The molecule has 1 N–H and O–H groups in total. The van der Waals surface area contributed by atoms with Crippen molar-refractivity contribution >= 4 is 41.1 Å². The second kappa shape index (κ2) is 12.2. The number of esters is 1. The lowest BCUT2D eigenvalue weighted by molar-refractivity contribution is -0.149. The topological polar surface area (TPSA) is 99.3 Å². The molecular formula is C27H37ClN4O5. The highest BCUT2D eigenvalue weighted by molar-refractivity contribution is 6.30. The molecule has 3 aliphatic rings. The van der Waals surface area contributed by atoms with Crippen LogP contribution in [-0.2, 0) is 19.1 Å². The molecule has 4 amide bonds. The van der Waals surface area contributed by atoms with E-state index in [-0.39, 0.29) is 41.7 Å². The number of hydrogen-bond acceptors (Lipinski definition) is 6. The summed E-state index contributed by atoms with van der Waals surface area (Å²) in [6, 6.07) is 5.19. The maximum Gasteiger partial charge on any atom is 0.324 e. The number of nitrogens with one attached hydrogen (secondary N) is 1. The van der Waals surface area contributed by atoms with Crippen molar-refractivity contribution in [2.45, 2.75) is 57.9 Å². The number of methoxy groups -OCH3 is 1. The zero-order valence-electron chi connectivity index (χ0n) is 21.7. The van der Waals surface area contributed by atoms with Crippen LogP contribution in [0.2, 0.25) is 5.02 Å². The molecule has 0 aromatic heterocycles. The number of benzene rings is 1. The van der Waals surface area contributed by atoms with E-state index in [0.29, 0.717) is 56.8 Å². The molecule has 1 saturated carbocycles. The molecule has 37 heavy (non-hydrogen) atoms. The Kier molecular flexibility index (Phi) is 8.95. The number of carbonyl (C=O) groups is 4. The van der Waals surface area contributed by atoms with Crippen LogP contribution >= 0.6 is 11.6 Å². The van der Waals surface area contributed by atoms with Crippen LogP contribution in [0.15, 0.2) is 18.2 Å². The summed E-state index contributed by atoms with van der Waals surface area (Å²) in [5, 5.41) is 3.63. The van der Waals surface area contributed by atoms with Gasteiger partial charge >= 0.3 is 12.0 Å². The van der Waals surface area contributed by atoms with E-state index in [1.807, 2.05) is 23.1 Å². The number of rotatable bonds is 8. The lowest BCUT2D eigenvalue weighted by Crippen LogP contribution is -2.61. The number of imide groups is 1. The van der Waals surface area contributed by atoms with Gasteiger partial charge in [-0.3, -0.25) is 19.3 Å². The van der Waals surface area contributed by atoms with Gasteiger partial charge in [-0.2, -0.15) is 0 Å². The minimum atomic E-state index is -0.388. The molecule has 9 nitrogen and oxygen atoms in total. The van der Waals surface area contributed by atoms with E-state index in [1.165, 1.54) is 17.6 Å². The number of hydrogen-bond donors (Lipinski definition) is 1. The monoisotopic (exact) mass is 532 g/mol. The molecule has 3 atom stereocenters. The largest absolute Gasteiger partial charge is 0.469 e. The van der Waals surface area contributed by atoms with Gasteiger partial charge in [0.2, 0.25) is 11.8 Å². The molecular weight excluding hydrogens is 496 g/mol. The van der Waals surface area contributed by atoms with Crippen LogP contribution in [0.3, 0.4) is 0 Å². The molecule has 1 aliphatic carbocycles. The highest BCUT2D eigenvalue weighted by Crippen LogP contribution is 2.33. The number of piperazine rings is 1. The number of urea groups is 1. The van der Waals surface area contributed by atoms with Crippen LogP contribution in [0.1, 0.15) is 50.5 Å². The van der Waals surface area contributed by atoms with E-state index < -0.39 is 0 Å². The van der Waals surface area contributed by atoms with Gasteiger partial charge in [-0.15, -0.1) is 0 Å². The first kappa shape index (κ1) is 27.2. The van der Waals surface area contributed by atoms with Gasteiger partial charge in [-0.25, -0.2) is 4.79 Å². The Morgan fingerprint density at radius 2 is 1.84 bits per heavy atom. The summed E-state index contributed by atoms with van der Waals surface area (Å²) in [4.78, 5) is 55.6. The standard InChI is InChI=1S/C27H37ClN4O5/c1-18-7-9-20(28)17-23(18)30-12-14-31(15-13-30)24(33)6-4-3-5-11-32-25(34)21-10-8-19(26(35)37-2)16-22(21)29-27(32)36/h7,9,17,19,21-22H,3-6,8,10-16H2,1-2H3,(H,29,36). The van der Waals surface area contributed by atoms with Crippen molar-refractivity contribution in [3.63, 3.8) is 0 Å². The molecule has 3 unspecified atom stereocenters. The van der Waals surface area contributed by atoms with Gasteiger partial charge in [-0.05, 0) is 56.7 Å². The third-order valence-electron chi connectivity index (χ3n) is 7.94. The van der Waals surface area contributed by atoms with Crippen molar-refractivity contribution in [2.24, 2.45) is 11.8 Å². The number of aryl methyl sites for hydroxylation is 1. The van der Waals surface area contributed by atoms with Gasteiger partial charge in [-0.1, -0.05) is 24.1 Å². The number of fused-ring (bicyclic) bond motifs is 1. The predicted molar refractivity (Wildman–Crippen MR) is 140 cm³/mol. The van der Waals surface area contributed by atoms with Crippen molar-refractivity contribution in [3.8, 4) is 0 Å². The summed E-state index contributed by atoms with van der Waals surface area (Å²) in [6.07, 6.45) is 4.23. The Bertz CT molecular complexity index is 1030. The molecule has 3 fully saturated rings. The van der Waals surface area contributed by atoms with Crippen molar-refractivity contribution in [1.29, 1.82) is 0 Å². The molecule has 2 saturated heterocycles. The molecule has 1 aromatic rings. The summed E-state index contributed by atoms with van der Waals surface area (Å²) in [5.41, 5.74) is 2.30. The second-order valence-electron chi connectivity index (χ2n) is 10.3. The van der Waals surface area contributed by atoms with Gasteiger partial charge in [0.05, 0.1) is 18.9 Å². The highest BCUT2D eigenvalue weighted by Gasteiger charge is 2.45. The fraction of sp³-hybridized carbons (Fsp3) is 0.630. The third-order valence-corrected chi connectivity index (χ3v) is 8.17. The van der Waals surface area contributed by atoms with Crippen LogP contribution < -0.4 is 10.2 Å². The summed E-state index contributed by atoms with van der Waals surface area (Å²) >= 11 is 6.16. The summed E-state index contributed by atoms with van der Waals surface area (Å²) in [5.74, 6) is -0.836. The molecule has 0 radical (unpaired) electrons. The lowest BCUT2D eigenvalue weighted by Gasteiger charge is -2.41. The van der Waals surface area contributed by atoms with Crippen molar-refractivity contribution < 1.29 is 23.9 Å². The van der Waals surface area contributed by atoms with Crippen LogP contribution in [-0.4, -0.2) is 79.5 Å². The molecule has 0 spiro atoms. The van der Waals surface area contributed by atoms with Gasteiger partial charge in [0.15, 0.2) is 0 Å². The molecule has 10 heteroatoms. The SMILES string of the molecule is COC(=O)C1CCC2C(=O)N(CCCCCC(=O)N3CCN(c4cc(Cl)ccc4C)CC3)C(=O)NC2C1. The van der Waals surface area contributed by atoms with Crippen LogP contribution in [0.5, 0.6) is 0 Å². The summed E-state index contributed by atoms with van der Waals surface area (Å²) in [7, 11) is 1.36. The average molecular weight is 533 g/mol. The van der Waals surface area contributed by atoms with E-state index in [1.54, 1.807) is 0 Å². The normalized spacial score (nSPS) is 24.0. The van der Waals surface area contributed by atoms with E-state index in [0.717, 1.165) is 31.6 Å². The van der Waals surface area contributed by atoms with E-state index in [4.69, 9.17) is 16.3 Å². The van der Waals surface area contributed by atoms with E-state index in [2.05, 4.69) is 17.1 Å². The fourth-order valence-electron chi connectivity index (χ4n) is 5.76. The Morgan fingerprint density at radius 1 is 1.08 bits per heavy atom. The second-order valence-corrected chi connectivity index (χ2v) is 10.7. The lowest BCUT2D eigenvalue weighted by atomic mass is 9.76. The van der Waals surface area contributed by atoms with Gasteiger partial charge < -0.3 is 19.9 Å². The van der Waals surface area contributed by atoms with Crippen LogP contribution in [0, 0.1) is 18.8 Å². The smallest absolute Gasteiger partial charge is 0.324 e. The third kappa shape index (κ3) is 6.37. The Labute approximate surface area is 223 Å². The number of halogens is 1. The number of ether oxygens (including phenoxy) is 1. The summed E-state index contributed by atoms with van der Waals surface area (Å²) < 4.78 is 4.83. The maximum absolute atomic E-state index is 12.9. The minimum Gasteiger partial charge on any atom is -0.469 e. The van der Waals surface area contributed by atoms with Crippen LogP contribution in [0.25, 0.3) is 0 Å². The van der Waals surface area contributed by atoms with Gasteiger partial charge in [0.1, 0.15) is 0 Å². The fourth-order valence-corrected chi connectivity index (χ4v) is 5.92. The van der Waals surface area contributed by atoms with Crippen molar-refractivity contribution in [2.75, 3.05) is 44.7 Å². The Morgan fingerprint density at radius 3 is 2.57 bits per heavy atom. The molecule has 202 valence electrons. The van der Waals surface area contributed by atoms with E-state index >= 15 is 0 Å². The van der Waals surface area contributed by atoms with E-state index in [9.17, 15) is 19.2 Å². The molecule has 2 heterocycles. The van der Waals surface area contributed by atoms with Crippen molar-refractivity contribution in [1.82, 2.24) is 15.1 Å². The maximum atomic E-state index is 12.9. The predicted octanol–water partition coefficient (Wildman–Crippen LogP) is 3.37. The number of amides is 4. The summed E-state index contributed by atoms with van der Waals surface area (Å²) in [6.45, 7) is 5.35. The first-order valence-electron chi connectivity index (χ1n) is 13.3. The number of carbonyl (C=O) groups excluding carboxylic acids is 4. The van der Waals surface area contributed by atoms with Crippen LogP contribution in [0.4, 0.5) is 10.5 Å². The number of nitrogens with zero attached hydrogens (tertiary/aromatic N) is 3. The number of anilines is 1. The molecule has 0 bridgehead atoms. The van der Waals surface area contributed by atoms with Gasteiger partial charge in [0, 0.05) is 55.9 Å². The van der Waals surface area contributed by atoms with Gasteiger partial charge in [0.25, 0.3) is 0 Å². The Hall–Kier alpha value is -2.81. The highest BCUT2D eigenvalue weighted by atomic mass is 35.5. The first-order chi connectivity index (χ1) is 17.8. The molecule has 4 rings (SSSR count). The quantitative estimate of drug-likeness (QED) is 0.407. The zero-order valence-corrected chi connectivity index (χ0v) is 22.5. The van der Waals surface area contributed by atoms with Crippen molar-refractivity contribution in [3.05, 3.63) is 28.8 Å². The number of unbranched alkanes of at least 4 members (excludes halogenated alkanes) is 2. The average Bonchev–Trinajstić information content (AvgIpc) is 2.90. The Balaban J connectivity index is 1.15. The zero-order chi connectivity index (χ0) is 26.5. The molecule has 1 aromatic carbocycles. The molecule has 2 aliphatic heterocycles.